The maximum absolute atomic E-state index is 13.3. The molecule has 0 spiro atoms. The number of carbonyl (C=O) groups excluding carboxylic acids is 1. The summed E-state index contributed by atoms with van der Waals surface area (Å²) < 4.78 is 24.6. The highest BCUT2D eigenvalue weighted by atomic mass is 19.1. The maximum Gasteiger partial charge on any atom is 0.220 e. The number of rotatable bonds is 6. The molecule has 0 saturated carbocycles. The smallest absolute Gasteiger partial charge is 0.220 e. The Kier molecular flexibility index (Phi) is 5.95. The van der Waals surface area contributed by atoms with Crippen LogP contribution < -0.4 is 10.1 Å². The van der Waals surface area contributed by atoms with Crippen molar-refractivity contribution in [1.29, 1.82) is 0 Å². The number of halogens is 1. The van der Waals surface area contributed by atoms with Gasteiger partial charge in [0.05, 0.1) is 12.6 Å². The Labute approximate surface area is 146 Å². The molecule has 1 aromatic heterocycles. The highest BCUT2D eigenvalue weighted by Gasteiger charge is 2.29. The molecule has 1 fully saturated rings. The number of nitrogens with one attached hydrogen (secondary N) is 1. The van der Waals surface area contributed by atoms with Crippen molar-refractivity contribution in [1.82, 2.24) is 10.3 Å². The van der Waals surface area contributed by atoms with Gasteiger partial charge in [-0.2, -0.15) is 0 Å². The molecule has 0 unspecified atom stereocenters. The van der Waals surface area contributed by atoms with Crippen LogP contribution in [0.15, 0.2) is 48.8 Å². The van der Waals surface area contributed by atoms with Crippen molar-refractivity contribution in [3.8, 4) is 5.75 Å². The minimum absolute atomic E-state index is 0.0383. The Hall–Kier alpha value is -2.47. The zero-order valence-corrected chi connectivity index (χ0v) is 13.9. The van der Waals surface area contributed by atoms with Gasteiger partial charge in [-0.05, 0) is 36.6 Å². The van der Waals surface area contributed by atoms with Gasteiger partial charge >= 0.3 is 0 Å². The summed E-state index contributed by atoms with van der Waals surface area (Å²) in [5.41, 5.74) is 1.03. The Morgan fingerprint density at radius 1 is 1.36 bits per heavy atom. The number of hydrogen-bond acceptors (Lipinski definition) is 4. The van der Waals surface area contributed by atoms with E-state index in [2.05, 4.69) is 10.3 Å². The molecule has 5 nitrogen and oxygen atoms in total. The minimum atomic E-state index is -0.355. The van der Waals surface area contributed by atoms with Gasteiger partial charge in [-0.3, -0.25) is 9.78 Å². The molecule has 2 aromatic rings. The standard InChI is InChI=1S/C19H21FN2O3/c20-15-4-1-5-16(11-15)25-18-13-24-10-8-17(18)22-19(23)7-6-14-3-2-9-21-12-14/h1-5,9,11-12,17-18H,6-8,10,13H2,(H,22,23)/t17-,18-/m1/s1. The zero-order valence-electron chi connectivity index (χ0n) is 13.9. The van der Waals surface area contributed by atoms with Gasteiger partial charge in [0.15, 0.2) is 0 Å². The summed E-state index contributed by atoms with van der Waals surface area (Å²) in [7, 11) is 0. The second-order valence-corrected chi connectivity index (χ2v) is 6.01. The molecule has 0 radical (unpaired) electrons. The van der Waals surface area contributed by atoms with Crippen LogP contribution in [0.1, 0.15) is 18.4 Å². The molecule has 2 heterocycles. The number of aromatic nitrogens is 1. The molecule has 2 atom stereocenters. The molecule has 0 aliphatic carbocycles. The van der Waals surface area contributed by atoms with Crippen molar-refractivity contribution in [3.05, 3.63) is 60.2 Å². The Bertz CT molecular complexity index is 696. The van der Waals surface area contributed by atoms with Gasteiger partial charge in [0.2, 0.25) is 5.91 Å². The SMILES string of the molecule is O=C(CCc1cccnc1)N[C@@H]1CCOC[C@H]1Oc1cccc(F)c1. The summed E-state index contributed by atoms with van der Waals surface area (Å²) in [6.07, 6.45) is 4.82. The molecular formula is C19H21FN2O3. The third-order valence-electron chi connectivity index (χ3n) is 4.10. The van der Waals surface area contributed by atoms with Crippen molar-refractivity contribution >= 4 is 5.91 Å². The van der Waals surface area contributed by atoms with E-state index in [1.54, 1.807) is 24.5 Å². The normalized spacial score (nSPS) is 20.0. The maximum atomic E-state index is 13.3. The fraction of sp³-hybridized carbons (Fsp3) is 0.368. The molecule has 6 heteroatoms. The highest BCUT2D eigenvalue weighted by molar-refractivity contribution is 5.76. The first-order valence-electron chi connectivity index (χ1n) is 8.39. The van der Waals surface area contributed by atoms with Crippen LogP contribution in [0, 0.1) is 5.82 Å². The Morgan fingerprint density at radius 2 is 2.28 bits per heavy atom. The van der Waals surface area contributed by atoms with E-state index in [4.69, 9.17) is 9.47 Å². The van der Waals surface area contributed by atoms with Crippen LogP contribution in [0.3, 0.4) is 0 Å². The molecule has 1 aliphatic rings. The predicted octanol–water partition coefficient (Wildman–Crippen LogP) is 2.51. The lowest BCUT2D eigenvalue weighted by Gasteiger charge is -2.32. The monoisotopic (exact) mass is 344 g/mol. The van der Waals surface area contributed by atoms with Gasteiger partial charge in [0.1, 0.15) is 17.7 Å². The van der Waals surface area contributed by atoms with Crippen LogP contribution in [0.5, 0.6) is 5.75 Å². The van der Waals surface area contributed by atoms with Gasteiger partial charge < -0.3 is 14.8 Å². The summed E-state index contributed by atoms with van der Waals surface area (Å²) >= 11 is 0. The fourth-order valence-corrected chi connectivity index (χ4v) is 2.79. The number of nitrogens with zero attached hydrogens (tertiary/aromatic N) is 1. The Morgan fingerprint density at radius 3 is 3.08 bits per heavy atom. The van der Waals surface area contributed by atoms with E-state index in [0.717, 1.165) is 5.56 Å². The number of carbonyl (C=O) groups is 1. The number of ether oxygens (including phenoxy) is 2. The van der Waals surface area contributed by atoms with E-state index in [1.165, 1.54) is 12.1 Å². The van der Waals surface area contributed by atoms with E-state index in [1.807, 2.05) is 12.1 Å². The Balaban J connectivity index is 1.54. The molecule has 3 rings (SSSR count). The molecular weight excluding hydrogens is 323 g/mol. The lowest BCUT2D eigenvalue weighted by molar-refractivity contribution is -0.123. The second kappa shape index (κ2) is 8.58. The molecule has 25 heavy (non-hydrogen) atoms. The van der Waals surface area contributed by atoms with Crippen molar-refractivity contribution in [2.24, 2.45) is 0 Å². The summed E-state index contributed by atoms with van der Waals surface area (Å²) in [5.74, 6) is 0.0417. The number of hydrogen-bond donors (Lipinski definition) is 1. The first-order chi connectivity index (χ1) is 12.2. The van der Waals surface area contributed by atoms with Crippen molar-refractivity contribution in [2.45, 2.75) is 31.4 Å². The molecule has 1 saturated heterocycles. The first kappa shape index (κ1) is 17.4. The fourth-order valence-electron chi connectivity index (χ4n) is 2.79. The van der Waals surface area contributed by atoms with Crippen LogP contribution >= 0.6 is 0 Å². The summed E-state index contributed by atoms with van der Waals surface area (Å²) in [4.78, 5) is 16.3. The van der Waals surface area contributed by atoms with Crippen molar-refractivity contribution < 1.29 is 18.7 Å². The van der Waals surface area contributed by atoms with Gasteiger partial charge in [-0.1, -0.05) is 12.1 Å². The van der Waals surface area contributed by atoms with Gasteiger partial charge in [-0.15, -0.1) is 0 Å². The van der Waals surface area contributed by atoms with E-state index in [9.17, 15) is 9.18 Å². The van der Waals surface area contributed by atoms with Crippen LogP contribution in [-0.4, -0.2) is 36.3 Å². The lowest BCUT2D eigenvalue weighted by atomic mass is 10.0. The van der Waals surface area contributed by atoms with E-state index in [-0.39, 0.29) is 23.9 Å². The summed E-state index contributed by atoms with van der Waals surface area (Å²) in [5, 5.41) is 3.02. The minimum Gasteiger partial charge on any atom is -0.486 e. The van der Waals surface area contributed by atoms with Crippen LogP contribution in [0.4, 0.5) is 4.39 Å². The van der Waals surface area contributed by atoms with Crippen LogP contribution in [-0.2, 0) is 16.0 Å². The number of pyridine rings is 1. The van der Waals surface area contributed by atoms with Gasteiger partial charge in [0.25, 0.3) is 0 Å². The quantitative estimate of drug-likeness (QED) is 0.875. The topological polar surface area (TPSA) is 60.5 Å². The third-order valence-corrected chi connectivity index (χ3v) is 4.10. The molecule has 1 aliphatic heterocycles. The lowest BCUT2D eigenvalue weighted by Crippen LogP contribution is -2.51. The molecule has 1 amide bonds. The number of aryl methyl sites for hydroxylation is 1. The zero-order chi connectivity index (χ0) is 17.5. The van der Waals surface area contributed by atoms with Crippen molar-refractivity contribution in [2.75, 3.05) is 13.2 Å². The van der Waals surface area contributed by atoms with E-state index >= 15 is 0 Å². The number of amides is 1. The largest absolute Gasteiger partial charge is 0.486 e. The second-order valence-electron chi connectivity index (χ2n) is 6.01. The van der Waals surface area contributed by atoms with E-state index in [0.29, 0.717) is 38.2 Å². The first-order valence-corrected chi connectivity index (χ1v) is 8.39. The average Bonchev–Trinajstić information content (AvgIpc) is 2.63. The average molecular weight is 344 g/mol. The summed E-state index contributed by atoms with van der Waals surface area (Å²) in [6, 6.07) is 9.63. The molecule has 1 aromatic carbocycles. The van der Waals surface area contributed by atoms with Gasteiger partial charge in [-0.25, -0.2) is 4.39 Å². The van der Waals surface area contributed by atoms with E-state index < -0.39 is 0 Å². The van der Waals surface area contributed by atoms with Crippen molar-refractivity contribution in [3.63, 3.8) is 0 Å². The van der Waals surface area contributed by atoms with Crippen LogP contribution in [0.25, 0.3) is 0 Å². The van der Waals surface area contributed by atoms with Gasteiger partial charge in [0, 0.05) is 31.5 Å². The summed E-state index contributed by atoms with van der Waals surface area (Å²) in [6.45, 7) is 0.931. The van der Waals surface area contributed by atoms with Crippen LogP contribution in [0.2, 0.25) is 0 Å². The third kappa shape index (κ3) is 5.26. The number of benzene rings is 1. The molecule has 1 N–H and O–H groups in total. The predicted molar refractivity (Wildman–Crippen MR) is 90.7 cm³/mol. The molecule has 132 valence electrons. The molecule has 0 bridgehead atoms. The highest BCUT2D eigenvalue weighted by Crippen LogP contribution is 2.19.